The Morgan fingerprint density at radius 3 is 2.85 bits per heavy atom. The van der Waals surface area contributed by atoms with Gasteiger partial charge >= 0.3 is 12.1 Å². The minimum atomic E-state index is -4.41. The van der Waals surface area contributed by atoms with Gasteiger partial charge in [-0.3, -0.25) is 9.48 Å². The third kappa shape index (κ3) is 2.79. The first-order valence-corrected chi connectivity index (χ1v) is 6.35. The monoisotopic (exact) mass is 291 g/mol. The van der Waals surface area contributed by atoms with Crippen LogP contribution in [0.5, 0.6) is 0 Å². The Balaban J connectivity index is 1.99. The van der Waals surface area contributed by atoms with Gasteiger partial charge in [-0.2, -0.15) is 18.3 Å². The number of hydrogen-bond acceptors (Lipinski definition) is 3. The fourth-order valence-electron chi connectivity index (χ4n) is 2.71. The van der Waals surface area contributed by atoms with E-state index in [9.17, 15) is 18.0 Å². The van der Waals surface area contributed by atoms with Crippen molar-refractivity contribution >= 4 is 5.97 Å². The molecule has 0 spiro atoms. The molecule has 2 unspecified atom stereocenters. The van der Waals surface area contributed by atoms with E-state index in [0.717, 1.165) is 18.8 Å². The highest BCUT2D eigenvalue weighted by Gasteiger charge is 2.45. The van der Waals surface area contributed by atoms with Crippen LogP contribution in [0.2, 0.25) is 0 Å². The summed E-state index contributed by atoms with van der Waals surface area (Å²) in [5.41, 5.74) is 3.81. The van der Waals surface area contributed by atoms with Crippen LogP contribution in [0.4, 0.5) is 13.2 Å². The van der Waals surface area contributed by atoms with Crippen LogP contribution in [0, 0.1) is 5.92 Å². The Morgan fingerprint density at radius 1 is 1.60 bits per heavy atom. The van der Waals surface area contributed by atoms with E-state index in [4.69, 9.17) is 10.8 Å². The van der Waals surface area contributed by atoms with Crippen LogP contribution in [-0.4, -0.2) is 26.4 Å². The molecule has 1 heterocycles. The van der Waals surface area contributed by atoms with E-state index < -0.39 is 23.2 Å². The van der Waals surface area contributed by atoms with Crippen molar-refractivity contribution in [2.24, 2.45) is 11.7 Å². The Hall–Kier alpha value is -1.57. The SMILES string of the molecule is NC1(C(=O)O)CCCC1CCn1cc(C(F)(F)F)cn1. The summed E-state index contributed by atoms with van der Waals surface area (Å²) in [5.74, 6) is -1.28. The molecule has 1 saturated carbocycles. The lowest BCUT2D eigenvalue weighted by atomic mass is 9.86. The molecule has 1 aromatic heterocycles. The van der Waals surface area contributed by atoms with E-state index in [1.165, 1.54) is 4.68 Å². The molecule has 1 aliphatic carbocycles. The maximum atomic E-state index is 12.4. The molecule has 3 N–H and O–H groups in total. The van der Waals surface area contributed by atoms with E-state index in [1.54, 1.807) is 0 Å². The quantitative estimate of drug-likeness (QED) is 0.887. The van der Waals surface area contributed by atoms with Crippen LogP contribution >= 0.6 is 0 Å². The summed E-state index contributed by atoms with van der Waals surface area (Å²) in [6.07, 6.45) is -0.516. The second kappa shape index (κ2) is 5.08. The van der Waals surface area contributed by atoms with Crippen molar-refractivity contribution in [3.8, 4) is 0 Å². The number of aryl methyl sites for hydroxylation is 1. The lowest BCUT2D eigenvalue weighted by Crippen LogP contribution is -2.51. The van der Waals surface area contributed by atoms with Crippen LogP contribution in [0.25, 0.3) is 0 Å². The first-order valence-electron chi connectivity index (χ1n) is 6.35. The highest BCUT2D eigenvalue weighted by atomic mass is 19.4. The van der Waals surface area contributed by atoms with Gasteiger partial charge in [-0.1, -0.05) is 6.42 Å². The van der Waals surface area contributed by atoms with Gasteiger partial charge < -0.3 is 10.8 Å². The number of alkyl halides is 3. The number of nitrogens with zero attached hydrogens (tertiary/aromatic N) is 2. The Bertz CT molecular complexity index is 500. The fraction of sp³-hybridized carbons (Fsp3) is 0.667. The maximum absolute atomic E-state index is 12.4. The molecule has 2 rings (SSSR count). The van der Waals surface area contributed by atoms with Gasteiger partial charge in [0.1, 0.15) is 5.54 Å². The van der Waals surface area contributed by atoms with E-state index >= 15 is 0 Å². The van der Waals surface area contributed by atoms with E-state index in [2.05, 4.69) is 5.10 Å². The van der Waals surface area contributed by atoms with Crippen LogP contribution in [-0.2, 0) is 17.5 Å². The zero-order valence-corrected chi connectivity index (χ0v) is 10.7. The molecule has 2 atom stereocenters. The second-order valence-corrected chi connectivity index (χ2v) is 5.21. The predicted octanol–water partition coefficient (Wildman–Crippen LogP) is 1.87. The molecule has 0 saturated heterocycles. The number of carboxylic acid groups (broad SMARTS) is 1. The standard InChI is InChI=1S/C12H16F3N3O2/c13-12(14,15)9-6-17-18(7-9)5-3-8-2-1-4-11(8,16)10(19)20/h6-8H,1-5,16H2,(H,19,20). The van der Waals surface area contributed by atoms with Gasteiger partial charge in [0.15, 0.2) is 0 Å². The molecule has 20 heavy (non-hydrogen) atoms. The number of nitrogens with two attached hydrogens (primary N) is 1. The molecule has 8 heteroatoms. The number of carboxylic acids is 1. The molecule has 0 aliphatic heterocycles. The number of rotatable bonds is 4. The molecule has 5 nitrogen and oxygen atoms in total. The summed E-state index contributed by atoms with van der Waals surface area (Å²) in [5, 5.41) is 12.8. The summed E-state index contributed by atoms with van der Waals surface area (Å²) in [4.78, 5) is 11.2. The van der Waals surface area contributed by atoms with Gasteiger partial charge in [-0.05, 0) is 25.2 Å². The number of aromatic nitrogens is 2. The van der Waals surface area contributed by atoms with Gasteiger partial charge in [0.25, 0.3) is 0 Å². The van der Waals surface area contributed by atoms with Crippen molar-refractivity contribution in [3.63, 3.8) is 0 Å². The predicted molar refractivity (Wildman–Crippen MR) is 63.7 cm³/mol. The Morgan fingerprint density at radius 2 is 2.30 bits per heavy atom. The normalized spacial score (nSPS) is 26.9. The molecule has 1 aromatic rings. The molecule has 0 bridgehead atoms. The van der Waals surface area contributed by atoms with Crippen LogP contribution in [0.3, 0.4) is 0 Å². The van der Waals surface area contributed by atoms with Crippen LogP contribution in [0.1, 0.15) is 31.2 Å². The fourth-order valence-corrected chi connectivity index (χ4v) is 2.71. The molecule has 0 amide bonds. The summed E-state index contributed by atoms with van der Waals surface area (Å²) in [7, 11) is 0. The summed E-state index contributed by atoms with van der Waals surface area (Å²) >= 11 is 0. The van der Waals surface area contributed by atoms with Crippen LogP contribution < -0.4 is 5.73 Å². The van der Waals surface area contributed by atoms with Crippen LogP contribution in [0.15, 0.2) is 12.4 Å². The highest BCUT2D eigenvalue weighted by molar-refractivity contribution is 5.79. The minimum Gasteiger partial charge on any atom is -0.480 e. The van der Waals surface area contributed by atoms with Crippen molar-refractivity contribution in [2.45, 2.75) is 43.9 Å². The third-order valence-corrected chi connectivity index (χ3v) is 3.94. The average Bonchev–Trinajstić information content (AvgIpc) is 2.93. The summed E-state index contributed by atoms with van der Waals surface area (Å²) < 4.78 is 38.4. The lowest BCUT2D eigenvalue weighted by molar-refractivity contribution is -0.145. The number of aliphatic carboxylic acids is 1. The topological polar surface area (TPSA) is 81.1 Å². The molecule has 1 fully saturated rings. The van der Waals surface area contributed by atoms with Crippen molar-refractivity contribution in [3.05, 3.63) is 18.0 Å². The summed E-state index contributed by atoms with van der Waals surface area (Å²) in [6, 6.07) is 0. The molecule has 112 valence electrons. The zero-order valence-electron chi connectivity index (χ0n) is 10.7. The van der Waals surface area contributed by atoms with Crippen molar-refractivity contribution in [1.29, 1.82) is 0 Å². The molecule has 0 aromatic carbocycles. The van der Waals surface area contributed by atoms with Crippen molar-refractivity contribution in [2.75, 3.05) is 0 Å². The number of hydrogen-bond donors (Lipinski definition) is 2. The number of carbonyl (C=O) groups is 1. The average molecular weight is 291 g/mol. The Kier molecular flexibility index (Phi) is 3.77. The third-order valence-electron chi connectivity index (χ3n) is 3.94. The zero-order chi connectivity index (χ0) is 15.0. The van der Waals surface area contributed by atoms with E-state index in [0.29, 0.717) is 19.3 Å². The summed E-state index contributed by atoms with van der Waals surface area (Å²) in [6.45, 7) is 0.229. The number of halogens is 3. The first-order chi connectivity index (χ1) is 9.23. The largest absolute Gasteiger partial charge is 0.480 e. The van der Waals surface area contributed by atoms with Gasteiger partial charge in [-0.15, -0.1) is 0 Å². The van der Waals surface area contributed by atoms with E-state index in [-0.39, 0.29) is 12.5 Å². The lowest BCUT2D eigenvalue weighted by Gasteiger charge is -2.26. The smallest absolute Gasteiger partial charge is 0.419 e. The van der Waals surface area contributed by atoms with E-state index in [1.807, 2.05) is 0 Å². The van der Waals surface area contributed by atoms with Gasteiger partial charge in [0, 0.05) is 12.7 Å². The second-order valence-electron chi connectivity index (χ2n) is 5.21. The first kappa shape index (κ1) is 14.8. The molecular formula is C12H16F3N3O2. The Labute approximate surface area is 113 Å². The molecule has 0 radical (unpaired) electrons. The van der Waals surface area contributed by atoms with Crippen molar-refractivity contribution in [1.82, 2.24) is 9.78 Å². The van der Waals surface area contributed by atoms with Crippen molar-refractivity contribution < 1.29 is 23.1 Å². The minimum absolute atomic E-state index is 0.229. The maximum Gasteiger partial charge on any atom is 0.419 e. The molecule has 1 aliphatic rings. The molecular weight excluding hydrogens is 275 g/mol. The van der Waals surface area contributed by atoms with Gasteiger partial charge in [0.05, 0.1) is 11.8 Å². The highest BCUT2D eigenvalue weighted by Crippen LogP contribution is 2.36. The van der Waals surface area contributed by atoms with Gasteiger partial charge in [-0.25, -0.2) is 0 Å². The van der Waals surface area contributed by atoms with Gasteiger partial charge in [0.2, 0.25) is 0 Å².